The molecule has 13 heteroatoms. The molecule has 1 spiro atoms. The number of cyclic esters (lactones) is 3. The number of esters is 5. The second kappa shape index (κ2) is 9.71. The molecule has 13 atom stereocenters. The van der Waals surface area contributed by atoms with Gasteiger partial charge in [-0.05, 0) is 91.4 Å². The largest absolute Gasteiger partial charge is 0.461 e. The molecule has 0 aromatic rings. The smallest absolute Gasteiger partial charge is 0.338 e. The number of ether oxygens (including phenoxy) is 5. The van der Waals surface area contributed by atoms with Crippen LogP contribution in [0, 0.1) is 52.3 Å². The van der Waals surface area contributed by atoms with E-state index in [1.165, 1.54) is 6.08 Å². The zero-order chi connectivity index (χ0) is 36.7. The highest BCUT2D eigenvalue weighted by molar-refractivity contribution is 6.05. The van der Waals surface area contributed by atoms with Crippen LogP contribution in [0.5, 0.6) is 0 Å². The predicted octanol–water partition coefficient (Wildman–Crippen LogP) is 1.74. The lowest BCUT2D eigenvalue weighted by Gasteiger charge is -2.66. The van der Waals surface area contributed by atoms with Crippen LogP contribution in [-0.4, -0.2) is 88.6 Å². The zero-order valence-electron chi connectivity index (χ0n) is 29.3. The number of carbonyl (C=O) groups excluding carboxylic acids is 6. The van der Waals surface area contributed by atoms with Crippen LogP contribution >= 0.6 is 0 Å². The van der Waals surface area contributed by atoms with Crippen LogP contribution < -0.4 is 0 Å². The molecule has 0 amide bonds. The first-order valence-electron chi connectivity index (χ1n) is 18.3. The second-order valence-corrected chi connectivity index (χ2v) is 17.3. The average molecular weight is 717 g/mol. The predicted molar refractivity (Wildman–Crippen MR) is 172 cm³/mol. The number of rotatable bonds is 0. The Morgan fingerprint density at radius 3 is 2.29 bits per heavy atom. The molecule has 0 aromatic carbocycles. The van der Waals surface area contributed by atoms with Crippen LogP contribution in [0.2, 0.25) is 0 Å². The highest BCUT2D eigenvalue weighted by Crippen LogP contribution is 2.84. The van der Waals surface area contributed by atoms with Gasteiger partial charge in [-0.3, -0.25) is 14.4 Å². The van der Waals surface area contributed by atoms with E-state index in [0.717, 1.165) is 0 Å². The van der Waals surface area contributed by atoms with E-state index in [2.05, 4.69) is 6.92 Å². The molecule has 13 nitrogen and oxygen atoms in total. The Balaban J connectivity index is 1.20. The molecule has 2 bridgehead atoms. The van der Waals surface area contributed by atoms with Gasteiger partial charge in [0.15, 0.2) is 17.5 Å². The van der Waals surface area contributed by atoms with Crippen LogP contribution in [0.1, 0.15) is 59.8 Å². The first-order valence-corrected chi connectivity index (χ1v) is 18.3. The average Bonchev–Trinajstić information content (AvgIpc) is 4.00. The number of hydrogen-bond acceptors (Lipinski definition) is 13. The molecule has 0 aromatic heterocycles. The number of hydrogen-bond donors (Lipinski definition) is 2. The Labute approximate surface area is 298 Å². The van der Waals surface area contributed by atoms with Crippen molar-refractivity contribution in [2.24, 2.45) is 52.3 Å². The Morgan fingerprint density at radius 2 is 1.56 bits per heavy atom. The lowest BCUT2D eigenvalue weighted by atomic mass is 9.40. The van der Waals surface area contributed by atoms with Crippen LogP contribution in [0.15, 0.2) is 45.6 Å². The molecule has 0 saturated heterocycles. The summed E-state index contributed by atoms with van der Waals surface area (Å²) in [6.07, 6.45) is 2.72. The molecule has 3 aliphatic heterocycles. The van der Waals surface area contributed by atoms with E-state index in [0.29, 0.717) is 35.1 Å². The van der Waals surface area contributed by atoms with E-state index in [-0.39, 0.29) is 73.1 Å². The van der Waals surface area contributed by atoms with E-state index in [1.54, 1.807) is 20.8 Å². The van der Waals surface area contributed by atoms with E-state index < -0.39 is 87.9 Å². The van der Waals surface area contributed by atoms with Crippen LogP contribution in [0.3, 0.4) is 0 Å². The van der Waals surface area contributed by atoms with Crippen molar-refractivity contribution in [2.45, 2.75) is 82.7 Å². The van der Waals surface area contributed by atoms with Gasteiger partial charge < -0.3 is 33.9 Å². The molecule has 0 radical (unpaired) electrons. The first-order chi connectivity index (χ1) is 24.5. The first kappa shape index (κ1) is 32.5. The summed E-state index contributed by atoms with van der Waals surface area (Å²) in [5.74, 6) is -6.84. The lowest BCUT2D eigenvalue weighted by molar-refractivity contribution is -0.220. The molecular formula is C39H40O13. The Hall–Kier alpha value is -4.10. The molecule has 3 heterocycles. The Bertz CT molecular complexity index is 2000. The molecule has 10 rings (SSSR count). The van der Waals surface area contributed by atoms with Crippen molar-refractivity contribution in [2.75, 3.05) is 19.8 Å². The standard InChI is InChI=1S/C39H40O13/c1-15-7-28(42)50-14-37(46)23-9-22(23)35(3)24(37)10-20-18(13-49-27(41)6-5-26(40)48-12-15)34(45)52-38(20)25(35)11-21-17-8-19(17)36(4)32(43)30-29(16(2)33(44)51-30)31(38)39(21,36)47/h7,11,17,19,22-25,30-31,46-47H,5-6,8-10,12-14H2,1-4H3/b15-7-/t17-,19+,22+,23-,24+,25-,30-,31+,35-,36+,37-,38-,39+/m0/s1. The molecule has 0 unspecified atom stereocenters. The van der Waals surface area contributed by atoms with Crippen LogP contribution in [0.4, 0.5) is 0 Å². The van der Waals surface area contributed by atoms with E-state index in [9.17, 15) is 39.0 Å². The van der Waals surface area contributed by atoms with Crippen molar-refractivity contribution in [3.05, 3.63) is 45.6 Å². The fraction of sp³-hybridized carbons (Fsp3) is 0.641. The maximum Gasteiger partial charge on any atom is 0.338 e. The molecule has 10 aliphatic rings. The normalized spacial score (nSPS) is 50.8. The quantitative estimate of drug-likeness (QED) is 0.210. The van der Waals surface area contributed by atoms with Gasteiger partial charge in [-0.1, -0.05) is 13.0 Å². The van der Waals surface area contributed by atoms with Gasteiger partial charge in [0.2, 0.25) is 0 Å². The monoisotopic (exact) mass is 716 g/mol. The Kier molecular flexibility index (Phi) is 6.07. The minimum atomic E-state index is -1.82. The van der Waals surface area contributed by atoms with Crippen molar-refractivity contribution < 1.29 is 62.7 Å². The minimum absolute atomic E-state index is 0.0461. The topological polar surface area (TPSA) is 189 Å². The summed E-state index contributed by atoms with van der Waals surface area (Å²) in [6, 6.07) is 0. The summed E-state index contributed by atoms with van der Waals surface area (Å²) in [5, 5.41) is 26.0. The highest BCUT2D eigenvalue weighted by Gasteiger charge is 2.89. The van der Waals surface area contributed by atoms with E-state index in [4.69, 9.17) is 23.7 Å². The van der Waals surface area contributed by atoms with Crippen molar-refractivity contribution in [3.63, 3.8) is 0 Å². The highest BCUT2D eigenvalue weighted by atomic mass is 16.6. The number of Topliss-reactive ketones (excluding diaryl/α,β-unsaturated/α-hetero) is 1. The molecule has 2 N–H and O–H groups in total. The third kappa shape index (κ3) is 3.49. The summed E-state index contributed by atoms with van der Waals surface area (Å²) in [5.41, 5.74) is -4.96. The van der Waals surface area contributed by atoms with Crippen molar-refractivity contribution >= 4 is 35.6 Å². The van der Waals surface area contributed by atoms with Crippen molar-refractivity contribution in [3.8, 4) is 0 Å². The fourth-order valence-corrected chi connectivity index (χ4v) is 12.9. The van der Waals surface area contributed by atoms with Gasteiger partial charge in [-0.25, -0.2) is 14.4 Å². The summed E-state index contributed by atoms with van der Waals surface area (Å²) in [7, 11) is 0. The maximum atomic E-state index is 14.4. The van der Waals surface area contributed by atoms with E-state index in [1.807, 2.05) is 6.08 Å². The summed E-state index contributed by atoms with van der Waals surface area (Å²) in [6.45, 7) is 5.99. The number of ketones is 1. The van der Waals surface area contributed by atoms with Gasteiger partial charge in [-0.15, -0.1) is 0 Å². The van der Waals surface area contributed by atoms with Gasteiger partial charge in [0.1, 0.15) is 31.0 Å². The van der Waals surface area contributed by atoms with Crippen LogP contribution in [-0.2, 0) is 52.5 Å². The van der Waals surface area contributed by atoms with Gasteiger partial charge in [-0.2, -0.15) is 0 Å². The number of aliphatic hydroxyl groups is 2. The molecule has 52 heavy (non-hydrogen) atoms. The fourth-order valence-electron chi connectivity index (χ4n) is 12.9. The second-order valence-electron chi connectivity index (χ2n) is 17.3. The molecule has 6 saturated carbocycles. The third-order valence-electron chi connectivity index (χ3n) is 15.3. The molecule has 6 fully saturated rings. The van der Waals surface area contributed by atoms with E-state index >= 15 is 0 Å². The van der Waals surface area contributed by atoms with Gasteiger partial charge in [0.05, 0.1) is 29.7 Å². The summed E-state index contributed by atoms with van der Waals surface area (Å²) in [4.78, 5) is 80.5. The summed E-state index contributed by atoms with van der Waals surface area (Å²) < 4.78 is 29.0. The minimum Gasteiger partial charge on any atom is -0.461 e. The molecule has 7 aliphatic carbocycles. The van der Waals surface area contributed by atoms with Crippen LogP contribution in [0.25, 0.3) is 0 Å². The van der Waals surface area contributed by atoms with Gasteiger partial charge >= 0.3 is 29.8 Å². The number of fused-ring (bicyclic) bond motifs is 9. The zero-order valence-corrected chi connectivity index (χ0v) is 29.3. The SMILES string of the molecule is CC1=C2[C@H](OC1=O)C(=O)[C@@]1(C)[C@@H]3C[C@@H]3C3=C[C@@H]4[C@]5(OC(=O)C6=C5C[C@H]5[C@](O)(COC(=O)/C=C(/C)COC(=O)CCC(=O)OC6)[C@H]6C[C@H]6[C@]45C)[C@@H]2[C@]31O. The maximum absolute atomic E-state index is 14.4. The lowest BCUT2D eigenvalue weighted by Crippen LogP contribution is -2.74. The molecular weight excluding hydrogens is 676 g/mol. The molecule has 274 valence electrons. The summed E-state index contributed by atoms with van der Waals surface area (Å²) >= 11 is 0. The van der Waals surface area contributed by atoms with Crippen molar-refractivity contribution in [1.82, 2.24) is 0 Å². The number of carbonyl (C=O) groups is 6. The van der Waals surface area contributed by atoms with Gasteiger partial charge in [0.25, 0.3) is 0 Å². The Morgan fingerprint density at radius 1 is 0.846 bits per heavy atom. The van der Waals surface area contributed by atoms with Gasteiger partial charge in [0, 0.05) is 23.5 Å². The third-order valence-corrected chi connectivity index (χ3v) is 15.3. The van der Waals surface area contributed by atoms with Crippen molar-refractivity contribution in [1.29, 1.82) is 0 Å².